The van der Waals surface area contributed by atoms with Gasteiger partial charge in [-0.3, -0.25) is 14.4 Å². The van der Waals surface area contributed by atoms with Crippen LogP contribution in [0.3, 0.4) is 0 Å². The number of allylic oxidation sites excluding steroid dienone is 4. The molecule has 0 N–H and O–H groups in total. The van der Waals surface area contributed by atoms with Crippen LogP contribution in [0.5, 0.6) is 0 Å². The second-order valence-corrected chi connectivity index (χ2v) is 24.2. The first-order valence-corrected chi connectivity index (χ1v) is 35.3. The summed E-state index contributed by atoms with van der Waals surface area (Å²) in [4.78, 5) is 38.4. The van der Waals surface area contributed by atoms with E-state index in [4.69, 9.17) is 14.2 Å². The molecule has 6 nitrogen and oxygen atoms in total. The maximum Gasteiger partial charge on any atom is 0.306 e. The van der Waals surface area contributed by atoms with Crippen molar-refractivity contribution in [3.05, 3.63) is 24.3 Å². The molecule has 0 aromatic carbocycles. The summed E-state index contributed by atoms with van der Waals surface area (Å²) in [6, 6.07) is 0. The van der Waals surface area contributed by atoms with Crippen molar-refractivity contribution in [3.8, 4) is 0 Å². The molecule has 0 amide bonds. The second-order valence-electron chi connectivity index (χ2n) is 24.2. The Labute approximate surface area is 487 Å². The minimum absolute atomic E-state index is 0.0683. The van der Waals surface area contributed by atoms with E-state index in [-0.39, 0.29) is 31.1 Å². The zero-order valence-corrected chi connectivity index (χ0v) is 53.0. The van der Waals surface area contributed by atoms with Crippen molar-refractivity contribution in [2.45, 2.75) is 406 Å². The molecule has 0 rings (SSSR count). The van der Waals surface area contributed by atoms with E-state index < -0.39 is 6.10 Å². The average molecular weight is 1100 g/mol. The highest BCUT2D eigenvalue weighted by Gasteiger charge is 2.19. The van der Waals surface area contributed by atoms with Crippen molar-refractivity contribution in [1.29, 1.82) is 0 Å². The quantitative estimate of drug-likeness (QED) is 0.0261. The number of unbranched alkanes of at least 4 members (excludes halogenated alkanes) is 51. The smallest absolute Gasteiger partial charge is 0.306 e. The van der Waals surface area contributed by atoms with Crippen LogP contribution in [0.2, 0.25) is 0 Å². The predicted molar refractivity (Wildman–Crippen MR) is 340 cm³/mol. The van der Waals surface area contributed by atoms with Crippen LogP contribution >= 0.6 is 0 Å². The van der Waals surface area contributed by atoms with Crippen molar-refractivity contribution in [2.24, 2.45) is 0 Å². The lowest BCUT2D eigenvalue weighted by Crippen LogP contribution is -2.30. The van der Waals surface area contributed by atoms with Gasteiger partial charge in [0.15, 0.2) is 6.10 Å². The van der Waals surface area contributed by atoms with Crippen molar-refractivity contribution < 1.29 is 28.6 Å². The van der Waals surface area contributed by atoms with Crippen LogP contribution in [0, 0.1) is 0 Å². The zero-order chi connectivity index (χ0) is 56.4. The van der Waals surface area contributed by atoms with Crippen molar-refractivity contribution >= 4 is 17.9 Å². The molecule has 0 aliphatic carbocycles. The SMILES string of the molecule is CCCCCC/C=C\C/C=C\CCCCCCCCCC(=O)OC(COC(=O)CCCCCCCCCCCCCCC)COC(=O)CCCCCCCCCCCCCCCCCCCCCCCCCCCCCCC. The third kappa shape index (κ3) is 64.7. The van der Waals surface area contributed by atoms with E-state index in [9.17, 15) is 14.4 Å². The van der Waals surface area contributed by atoms with Gasteiger partial charge in [0.25, 0.3) is 0 Å². The van der Waals surface area contributed by atoms with E-state index >= 15 is 0 Å². The Hall–Kier alpha value is -2.11. The number of rotatable bonds is 66. The van der Waals surface area contributed by atoms with Crippen LogP contribution in [0.15, 0.2) is 24.3 Å². The third-order valence-corrected chi connectivity index (χ3v) is 16.2. The molecule has 0 fully saturated rings. The molecule has 0 aromatic heterocycles. The first-order chi connectivity index (χ1) is 38.5. The number of esters is 3. The molecule has 6 heteroatoms. The first kappa shape index (κ1) is 75.9. The molecule has 460 valence electrons. The molecular formula is C72H136O6. The van der Waals surface area contributed by atoms with E-state index in [1.54, 1.807) is 0 Å². The van der Waals surface area contributed by atoms with Gasteiger partial charge in [-0.15, -0.1) is 0 Å². The van der Waals surface area contributed by atoms with Gasteiger partial charge in [-0.05, 0) is 51.4 Å². The molecule has 0 spiro atoms. The largest absolute Gasteiger partial charge is 0.462 e. The van der Waals surface area contributed by atoms with Gasteiger partial charge in [0, 0.05) is 19.3 Å². The Morgan fingerprint density at radius 1 is 0.256 bits per heavy atom. The summed E-state index contributed by atoms with van der Waals surface area (Å²) in [5.41, 5.74) is 0. The van der Waals surface area contributed by atoms with Gasteiger partial charge >= 0.3 is 17.9 Å². The molecule has 0 saturated heterocycles. The predicted octanol–water partition coefficient (Wildman–Crippen LogP) is 24.2. The lowest BCUT2D eigenvalue weighted by molar-refractivity contribution is -0.167. The highest BCUT2D eigenvalue weighted by atomic mass is 16.6. The van der Waals surface area contributed by atoms with Crippen LogP contribution in [0.25, 0.3) is 0 Å². The monoisotopic (exact) mass is 1100 g/mol. The van der Waals surface area contributed by atoms with Crippen LogP contribution in [0.4, 0.5) is 0 Å². The van der Waals surface area contributed by atoms with E-state index in [2.05, 4.69) is 45.1 Å². The summed E-state index contributed by atoms with van der Waals surface area (Å²) < 4.78 is 17.0. The van der Waals surface area contributed by atoms with Crippen LogP contribution < -0.4 is 0 Å². The zero-order valence-electron chi connectivity index (χ0n) is 53.0. The fourth-order valence-corrected chi connectivity index (χ4v) is 10.9. The van der Waals surface area contributed by atoms with Crippen molar-refractivity contribution in [1.82, 2.24) is 0 Å². The number of hydrogen-bond donors (Lipinski definition) is 0. The summed E-state index contributed by atoms with van der Waals surface area (Å²) in [6.07, 6.45) is 82.1. The highest BCUT2D eigenvalue weighted by Crippen LogP contribution is 2.19. The number of carbonyl (C=O) groups is 3. The molecule has 1 atom stereocenters. The van der Waals surface area contributed by atoms with Gasteiger partial charge in [0.05, 0.1) is 0 Å². The Kier molecular flexibility index (Phi) is 65.6. The van der Waals surface area contributed by atoms with E-state index in [1.165, 1.54) is 289 Å². The summed E-state index contributed by atoms with van der Waals surface area (Å²) in [5, 5.41) is 0. The molecule has 0 saturated carbocycles. The maximum atomic E-state index is 12.9. The fraction of sp³-hybridized carbons (Fsp3) is 0.903. The summed E-state index contributed by atoms with van der Waals surface area (Å²) in [7, 11) is 0. The Morgan fingerprint density at radius 3 is 0.718 bits per heavy atom. The Balaban J connectivity index is 4.16. The molecule has 0 radical (unpaired) electrons. The summed E-state index contributed by atoms with van der Waals surface area (Å²) in [6.45, 7) is 6.69. The standard InChI is InChI=1S/C72H136O6/c1-4-7-10-13-16-19-22-25-27-29-31-32-33-34-35-36-37-38-39-40-41-43-44-47-50-53-56-59-62-65-71(74)77-68-69(67-76-70(73)64-61-58-55-52-49-46-24-21-18-15-12-9-6-3)78-72(75)66-63-60-57-54-51-48-45-42-30-28-26-23-20-17-14-11-8-5-2/h20,23,28,30,69H,4-19,21-22,24-27,29,31-68H2,1-3H3/b23-20-,30-28-. The normalized spacial score (nSPS) is 12.1. The lowest BCUT2D eigenvalue weighted by Gasteiger charge is -2.18. The van der Waals surface area contributed by atoms with Crippen molar-refractivity contribution in [3.63, 3.8) is 0 Å². The molecule has 1 unspecified atom stereocenters. The number of hydrogen-bond acceptors (Lipinski definition) is 6. The van der Waals surface area contributed by atoms with Crippen LogP contribution in [-0.2, 0) is 28.6 Å². The molecule has 0 bridgehead atoms. The van der Waals surface area contributed by atoms with Gasteiger partial charge in [-0.25, -0.2) is 0 Å². The highest BCUT2D eigenvalue weighted by molar-refractivity contribution is 5.71. The Bertz CT molecular complexity index is 1260. The topological polar surface area (TPSA) is 78.9 Å². The molecule has 0 aromatic rings. The summed E-state index contributed by atoms with van der Waals surface area (Å²) in [5.74, 6) is -0.846. The minimum atomic E-state index is -0.772. The molecule has 0 aliphatic heterocycles. The number of carbonyl (C=O) groups excluding carboxylic acids is 3. The van der Waals surface area contributed by atoms with Gasteiger partial charge in [-0.2, -0.15) is 0 Å². The lowest BCUT2D eigenvalue weighted by atomic mass is 10.0. The maximum absolute atomic E-state index is 12.9. The Morgan fingerprint density at radius 2 is 0.462 bits per heavy atom. The van der Waals surface area contributed by atoms with E-state index in [0.717, 1.165) is 70.6 Å². The number of ether oxygens (including phenoxy) is 3. The molecule has 78 heavy (non-hydrogen) atoms. The van der Waals surface area contributed by atoms with Gasteiger partial charge in [0.1, 0.15) is 13.2 Å². The first-order valence-electron chi connectivity index (χ1n) is 35.3. The van der Waals surface area contributed by atoms with Crippen LogP contribution in [0.1, 0.15) is 400 Å². The molecule has 0 aliphatic rings. The van der Waals surface area contributed by atoms with Gasteiger partial charge in [0.2, 0.25) is 0 Å². The second kappa shape index (κ2) is 67.4. The van der Waals surface area contributed by atoms with E-state index in [1.807, 2.05) is 0 Å². The fourth-order valence-electron chi connectivity index (χ4n) is 10.9. The molecule has 0 heterocycles. The van der Waals surface area contributed by atoms with Gasteiger partial charge < -0.3 is 14.2 Å². The molecular weight excluding hydrogens is 961 g/mol. The van der Waals surface area contributed by atoms with Crippen molar-refractivity contribution in [2.75, 3.05) is 13.2 Å². The van der Waals surface area contributed by atoms with Gasteiger partial charge in [-0.1, -0.05) is 353 Å². The van der Waals surface area contributed by atoms with E-state index in [0.29, 0.717) is 19.3 Å². The summed E-state index contributed by atoms with van der Waals surface area (Å²) >= 11 is 0. The third-order valence-electron chi connectivity index (χ3n) is 16.2. The van der Waals surface area contributed by atoms with Crippen LogP contribution in [-0.4, -0.2) is 37.2 Å². The average Bonchev–Trinajstić information content (AvgIpc) is 3.44. The minimum Gasteiger partial charge on any atom is -0.462 e.